The van der Waals surface area contributed by atoms with E-state index in [-0.39, 0.29) is 17.5 Å². The zero-order chi connectivity index (χ0) is 13.6. The number of hydrogen-bond donors (Lipinski definition) is 1. The highest BCUT2D eigenvalue weighted by Crippen LogP contribution is 2.44. The van der Waals surface area contributed by atoms with Gasteiger partial charge in [-0.2, -0.15) is 0 Å². The molecule has 0 bridgehead atoms. The lowest BCUT2D eigenvalue weighted by molar-refractivity contribution is 0.0991. The summed E-state index contributed by atoms with van der Waals surface area (Å²) in [6, 6.07) is 11.4. The molecule has 0 radical (unpaired) electrons. The molecule has 96 valence electrons. The average Bonchev–Trinajstić information content (AvgIpc) is 2.68. The third kappa shape index (κ3) is 1.75. The summed E-state index contributed by atoms with van der Waals surface area (Å²) in [7, 11) is 0. The second kappa shape index (κ2) is 4.23. The minimum Gasteiger partial charge on any atom is -0.508 e. The Kier molecular flexibility index (Phi) is 2.67. The summed E-state index contributed by atoms with van der Waals surface area (Å²) >= 11 is 0. The molecule has 2 aromatic carbocycles. The number of carbonyl (C=O) groups is 1. The summed E-state index contributed by atoms with van der Waals surface area (Å²) in [5, 5.41) is 10.1. The Balaban J connectivity index is 2.23. The summed E-state index contributed by atoms with van der Waals surface area (Å²) in [5.41, 5.74) is 5.00. The Morgan fingerprint density at radius 3 is 2.32 bits per heavy atom. The van der Waals surface area contributed by atoms with E-state index in [1.165, 1.54) is 16.7 Å². The van der Waals surface area contributed by atoms with Crippen LogP contribution in [0.15, 0.2) is 36.4 Å². The number of carbonyl (C=O) groups excluding carboxylic acids is 1. The van der Waals surface area contributed by atoms with Crippen LogP contribution in [-0.4, -0.2) is 10.9 Å². The number of aryl methyl sites for hydroxylation is 2. The van der Waals surface area contributed by atoms with Crippen LogP contribution in [0, 0.1) is 13.8 Å². The molecule has 0 heterocycles. The van der Waals surface area contributed by atoms with Gasteiger partial charge in [0.2, 0.25) is 0 Å². The van der Waals surface area contributed by atoms with E-state index in [4.69, 9.17) is 0 Å². The maximum Gasteiger partial charge on any atom is 0.164 e. The normalized spacial score (nSPS) is 17.6. The number of phenols is 1. The molecule has 2 heteroatoms. The molecule has 2 nitrogen and oxygen atoms in total. The Hall–Kier alpha value is -2.09. The van der Waals surface area contributed by atoms with Gasteiger partial charge in [0.1, 0.15) is 5.75 Å². The van der Waals surface area contributed by atoms with Crippen molar-refractivity contribution in [1.29, 1.82) is 0 Å². The van der Waals surface area contributed by atoms with E-state index in [2.05, 4.69) is 26.0 Å². The molecule has 0 aliphatic heterocycles. The molecule has 0 saturated heterocycles. The number of benzene rings is 2. The molecule has 1 N–H and O–H groups in total. The highest BCUT2D eigenvalue weighted by Gasteiger charge is 2.34. The van der Waals surface area contributed by atoms with Crippen LogP contribution in [0.2, 0.25) is 0 Å². The third-order valence-electron chi connectivity index (χ3n) is 4.01. The van der Waals surface area contributed by atoms with Crippen LogP contribution in [0.5, 0.6) is 5.75 Å². The van der Waals surface area contributed by atoms with Gasteiger partial charge in [-0.3, -0.25) is 4.79 Å². The molecule has 1 aliphatic rings. The Labute approximate surface area is 112 Å². The second-order valence-corrected chi connectivity index (χ2v) is 5.22. The molecular weight excluding hydrogens is 236 g/mol. The molecule has 19 heavy (non-hydrogen) atoms. The number of aromatic hydroxyl groups is 1. The standard InChI is InChI=1S/C17H16O2/c1-10-5-3-6-11(2)16(10)13-9-15(19)12-7-4-8-14(18)17(12)13/h3-8,13,18H,9H2,1-2H3. The van der Waals surface area contributed by atoms with Gasteiger partial charge in [-0.25, -0.2) is 0 Å². The van der Waals surface area contributed by atoms with Gasteiger partial charge in [-0.05, 0) is 36.6 Å². The van der Waals surface area contributed by atoms with E-state index in [1.54, 1.807) is 12.1 Å². The van der Waals surface area contributed by atoms with Gasteiger partial charge in [-0.15, -0.1) is 0 Å². The first-order valence-electron chi connectivity index (χ1n) is 6.50. The Morgan fingerprint density at radius 1 is 1.00 bits per heavy atom. The predicted octanol–water partition coefficient (Wildman–Crippen LogP) is 3.73. The van der Waals surface area contributed by atoms with Crippen LogP contribution < -0.4 is 0 Å². The monoisotopic (exact) mass is 252 g/mol. The zero-order valence-corrected chi connectivity index (χ0v) is 11.1. The van der Waals surface area contributed by atoms with E-state index in [1.807, 2.05) is 12.1 Å². The molecule has 0 fully saturated rings. The minimum absolute atomic E-state index is 0.00935. The van der Waals surface area contributed by atoms with E-state index in [9.17, 15) is 9.90 Å². The number of ketones is 1. The number of phenolic OH excluding ortho intramolecular Hbond substituents is 1. The van der Waals surface area contributed by atoms with Gasteiger partial charge in [0.25, 0.3) is 0 Å². The summed E-state index contributed by atoms with van der Waals surface area (Å²) < 4.78 is 0. The Morgan fingerprint density at radius 2 is 1.63 bits per heavy atom. The summed E-state index contributed by atoms with van der Waals surface area (Å²) in [5.74, 6) is 0.347. The molecule has 2 aromatic rings. The highest BCUT2D eigenvalue weighted by atomic mass is 16.3. The lowest BCUT2D eigenvalue weighted by Crippen LogP contribution is -2.02. The van der Waals surface area contributed by atoms with Crippen molar-refractivity contribution in [2.45, 2.75) is 26.2 Å². The first-order chi connectivity index (χ1) is 9.09. The Bertz CT molecular complexity index is 651. The van der Waals surface area contributed by atoms with Crippen LogP contribution in [0.3, 0.4) is 0 Å². The van der Waals surface area contributed by atoms with Crippen molar-refractivity contribution in [2.75, 3.05) is 0 Å². The van der Waals surface area contributed by atoms with Gasteiger partial charge in [-0.1, -0.05) is 30.3 Å². The van der Waals surface area contributed by atoms with Crippen molar-refractivity contribution < 1.29 is 9.90 Å². The van der Waals surface area contributed by atoms with Gasteiger partial charge >= 0.3 is 0 Å². The first kappa shape index (κ1) is 12.0. The summed E-state index contributed by atoms with van der Waals surface area (Å²) in [6.45, 7) is 4.12. The lowest BCUT2D eigenvalue weighted by atomic mass is 9.86. The number of Topliss-reactive ketones (excluding diaryl/α,β-unsaturated/α-hetero) is 1. The minimum atomic E-state index is -0.00935. The van der Waals surface area contributed by atoms with Crippen molar-refractivity contribution in [3.63, 3.8) is 0 Å². The molecule has 3 rings (SSSR count). The largest absolute Gasteiger partial charge is 0.508 e. The van der Waals surface area contributed by atoms with E-state index in [0.717, 1.165) is 5.56 Å². The number of fused-ring (bicyclic) bond motifs is 1. The maximum absolute atomic E-state index is 12.1. The number of rotatable bonds is 1. The highest BCUT2D eigenvalue weighted by molar-refractivity contribution is 6.02. The molecular formula is C17H16O2. The first-order valence-corrected chi connectivity index (χ1v) is 6.50. The predicted molar refractivity (Wildman–Crippen MR) is 74.8 cm³/mol. The molecule has 0 amide bonds. The van der Waals surface area contributed by atoms with Crippen LogP contribution in [0.25, 0.3) is 0 Å². The van der Waals surface area contributed by atoms with Gasteiger partial charge < -0.3 is 5.11 Å². The lowest BCUT2D eigenvalue weighted by Gasteiger charge is -2.18. The molecule has 1 aliphatic carbocycles. The fraction of sp³-hybridized carbons (Fsp3) is 0.235. The van der Waals surface area contributed by atoms with Crippen LogP contribution in [0.4, 0.5) is 0 Å². The summed E-state index contributed by atoms with van der Waals surface area (Å²) in [6.07, 6.45) is 0.457. The van der Waals surface area contributed by atoms with Crippen molar-refractivity contribution in [3.05, 3.63) is 64.2 Å². The van der Waals surface area contributed by atoms with E-state index in [0.29, 0.717) is 12.0 Å². The van der Waals surface area contributed by atoms with Crippen LogP contribution in [0.1, 0.15) is 45.0 Å². The van der Waals surface area contributed by atoms with Gasteiger partial charge in [0.15, 0.2) is 5.78 Å². The van der Waals surface area contributed by atoms with E-state index < -0.39 is 0 Å². The zero-order valence-electron chi connectivity index (χ0n) is 11.1. The molecule has 0 aromatic heterocycles. The molecule has 0 saturated carbocycles. The second-order valence-electron chi connectivity index (χ2n) is 5.22. The number of hydrogen-bond acceptors (Lipinski definition) is 2. The fourth-order valence-corrected chi connectivity index (χ4v) is 3.18. The quantitative estimate of drug-likeness (QED) is 0.839. The van der Waals surface area contributed by atoms with Crippen LogP contribution >= 0.6 is 0 Å². The van der Waals surface area contributed by atoms with Gasteiger partial charge in [0, 0.05) is 23.5 Å². The molecule has 1 atom stereocenters. The van der Waals surface area contributed by atoms with Crippen molar-refractivity contribution in [3.8, 4) is 5.75 Å². The molecule has 0 spiro atoms. The van der Waals surface area contributed by atoms with Gasteiger partial charge in [0.05, 0.1) is 0 Å². The smallest absolute Gasteiger partial charge is 0.164 e. The maximum atomic E-state index is 12.1. The topological polar surface area (TPSA) is 37.3 Å². The van der Waals surface area contributed by atoms with Crippen LogP contribution in [-0.2, 0) is 0 Å². The average molecular weight is 252 g/mol. The van der Waals surface area contributed by atoms with E-state index >= 15 is 0 Å². The van der Waals surface area contributed by atoms with Crippen molar-refractivity contribution in [2.24, 2.45) is 0 Å². The SMILES string of the molecule is Cc1cccc(C)c1C1CC(=O)c2cccc(O)c21. The van der Waals surface area contributed by atoms with Crippen molar-refractivity contribution in [1.82, 2.24) is 0 Å². The third-order valence-corrected chi connectivity index (χ3v) is 4.01. The molecule has 1 unspecified atom stereocenters. The summed E-state index contributed by atoms with van der Waals surface area (Å²) in [4.78, 5) is 12.1. The fourth-order valence-electron chi connectivity index (χ4n) is 3.18. The van der Waals surface area contributed by atoms with Crippen molar-refractivity contribution >= 4 is 5.78 Å².